The van der Waals surface area contributed by atoms with E-state index in [0.717, 1.165) is 22.2 Å². The van der Waals surface area contributed by atoms with Crippen molar-refractivity contribution in [3.05, 3.63) is 70.7 Å². The van der Waals surface area contributed by atoms with Gasteiger partial charge in [0.15, 0.2) is 0 Å². The fourth-order valence-corrected chi connectivity index (χ4v) is 2.59. The highest BCUT2D eigenvalue weighted by atomic mass is 16.4. The fraction of sp³-hybridized carbons (Fsp3) is 0.0588. The molecule has 0 fully saturated rings. The standard InChI is InChI=1S/C17H12N2O2/c1-11-7-8-13-15(9-11)21-17(20)14-10-18-19(16(13)14)12-5-3-2-4-6-12/h2-10H,1H3. The van der Waals surface area contributed by atoms with E-state index in [1.807, 2.05) is 55.5 Å². The maximum atomic E-state index is 12.1. The summed E-state index contributed by atoms with van der Waals surface area (Å²) in [6, 6.07) is 15.6. The van der Waals surface area contributed by atoms with Gasteiger partial charge < -0.3 is 4.42 Å². The van der Waals surface area contributed by atoms with E-state index in [4.69, 9.17) is 4.42 Å². The van der Waals surface area contributed by atoms with Gasteiger partial charge in [-0.25, -0.2) is 9.48 Å². The molecule has 0 aliphatic heterocycles. The second-order valence-corrected chi connectivity index (χ2v) is 5.04. The highest BCUT2D eigenvalue weighted by Crippen LogP contribution is 2.25. The van der Waals surface area contributed by atoms with Crippen molar-refractivity contribution in [3.63, 3.8) is 0 Å². The van der Waals surface area contributed by atoms with E-state index in [0.29, 0.717) is 11.0 Å². The van der Waals surface area contributed by atoms with Crippen LogP contribution in [0.4, 0.5) is 0 Å². The zero-order valence-electron chi connectivity index (χ0n) is 11.4. The third-order valence-corrected chi connectivity index (χ3v) is 3.58. The van der Waals surface area contributed by atoms with E-state index >= 15 is 0 Å². The van der Waals surface area contributed by atoms with Crippen LogP contribution in [0.5, 0.6) is 0 Å². The van der Waals surface area contributed by atoms with Crippen LogP contribution in [-0.2, 0) is 0 Å². The first-order valence-electron chi connectivity index (χ1n) is 6.71. The van der Waals surface area contributed by atoms with Gasteiger partial charge in [-0.1, -0.05) is 24.3 Å². The summed E-state index contributed by atoms with van der Waals surface area (Å²) in [6.07, 6.45) is 1.56. The molecule has 4 rings (SSSR count). The number of hydrogen-bond acceptors (Lipinski definition) is 3. The summed E-state index contributed by atoms with van der Waals surface area (Å²) in [7, 11) is 0. The molecule has 2 aromatic carbocycles. The van der Waals surface area contributed by atoms with Crippen molar-refractivity contribution in [2.45, 2.75) is 6.92 Å². The van der Waals surface area contributed by atoms with Crippen molar-refractivity contribution in [2.24, 2.45) is 0 Å². The van der Waals surface area contributed by atoms with Crippen LogP contribution in [0, 0.1) is 6.92 Å². The Labute approximate surface area is 120 Å². The van der Waals surface area contributed by atoms with E-state index in [-0.39, 0.29) is 5.63 Å². The number of aromatic nitrogens is 2. The van der Waals surface area contributed by atoms with Gasteiger partial charge in [0.05, 0.1) is 17.4 Å². The van der Waals surface area contributed by atoms with Gasteiger partial charge >= 0.3 is 5.63 Å². The van der Waals surface area contributed by atoms with Crippen LogP contribution in [0.1, 0.15) is 5.56 Å². The molecule has 0 bridgehead atoms. The Balaban J connectivity index is 2.20. The zero-order valence-corrected chi connectivity index (χ0v) is 11.4. The van der Waals surface area contributed by atoms with Gasteiger partial charge in [0.25, 0.3) is 0 Å². The zero-order chi connectivity index (χ0) is 14.4. The first kappa shape index (κ1) is 11.9. The molecular formula is C17H12N2O2. The summed E-state index contributed by atoms with van der Waals surface area (Å²) < 4.78 is 7.18. The summed E-state index contributed by atoms with van der Waals surface area (Å²) in [5, 5.41) is 5.74. The molecule has 0 atom stereocenters. The molecule has 0 spiro atoms. The van der Waals surface area contributed by atoms with Crippen molar-refractivity contribution >= 4 is 21.9 Å². The molecule has 0 saturated heterocycles. The number of hydrogen-bond donors (Lipinski definition) is 0. The third-order valence-electron chi connectivity index (χ3n) is 3.58. The van der Waals surface area contributed by atoms with Crippen molar-refractivity contribution in [1.29, 1.82) is 0 Å². The van der Waals surface area contributed by atoms with Crippen LogP contribution >= 0.6 is 0 Å². The van der Waals surface area contributed by atoms with Gasteiger partial charge in [-0.3, -0.25) is 0 Å². The van der Waals surface area contributed by atoms with Gasteiger partial charge in [0, 0.05) is 5.39 Å². The Morgan fingerprint density at radius 3 is 2.67 bits per heavy atom. The molecule has 2 heterocycles. The molecule has 0 saturated carbocycles. The molecule has 0 aliphatic carbocycles. The number of aryl methyl sites for hydroxylation is 1. The Hall–Kier alpha value is -2.88. The van der Waals surface area contributed by atoms with Gasteiger partial charge in [0.2, 0.25) is 0 Å². The van der Waals surface area contributed by atoms with Crippen molar-refractivity contribution < 1.29 is 4.42 Å². The fourth-order valence-electron chi connectivity index (χ4n) is 2.59. The molecular weight excluding hydrogens is 264 g/mol. The van der Waals surface area contributed by atoms with Crippen molar-refractivity contribution in [1.82, 2.24) is 9.78 Å². The van der Waals surface area contributed by atoms with Crippen molar-refractivity contribution in [3.8, 4) is 5.69 Å². The number of benzene rings is 2. The predicted molar refractivity (Wildman–Crippen MR) is 81.8 cm³/mol. The number of rotatable bonds is 1. The lowest BCUT2D eigenvalue weighted by Crippen LogP contribution is -2.01. The van der Waals surface area contributed by atoms with Crippen molar-refractivity contribution in [2.75, 3.05) is 0 Å². The average Bonchev–Trinajstić information content (AvgIpc) is 2.93. The van der Waals surface area contributed by atoms with E-state index < -0.39 is 0 Å². The van der Waals surface area contributed by atoms with Crippen LogP contribution in [0.2, 0.25) is 0 Å². The molecule has 21 heavy (non-hydrogen) atoms. The minimum Gasteiger partial charge on any atom is -0.422 e. The summed E-state index contributed by atoms with van der Waals surface area (Å²) in [4.78, 5) is 12.1. The van der Waals surface area contributed by atoms with E-state index in [2.05, 4.69) is 5.10 Å². The quantitative estimate of drug-likeness (QED) is 0.500. The topological polar surface area (TPSA) is 48.0 Å². The number of para-hydroxylation sites is 1. The summed E-state index contributed by atoms with van der Waals surface area (Å²) in [5.74, 6) is 0. The predicted octanol–water partition coefficient (Wildman–Crippen LogP) is 3.44. The Morgan fingerprint density at radius 1 is 1.05 bits per heavy atom. The van der Waals surface area contributed by atoms with Crippen LogP contribution in [-0.4, -0.2) is 9.78 Å². The number of fused-ring (bicyclic) bond motifs is 3. The molecule has 4 aromatic rings. The first-order chi connectivity index (χ1) is 10.2. The first-order valence-corrected chi connectivity index (χ1v) is 6.71. The van der Waals surface area contributed by atoms with E-state index in [1.54, 1.807) is 10.9 Å². The lowest BCUT2D eigenvalue weighted by molar-refractivity contribution is 0.569. The molecule has 0 unspecified atom stereocenters. The Bertz CT molecular complexity index is 1010. The highest BCUT2D eigenvalue weighted by Gasteiger charge is 2.13. The summed E-state index contributed by atoms with van der Waals surface area (Å²) in [6.45, 7) is 1.97. The molecule has 0 radical (unpaired) electrons. The molecule has 102 valence electrons. The molecule has 4 nitrogen and oxygen atoms in total. The van der Waals surface area contributed by atoms with Crippen LogP contribution in [0.3, 0.4) is 0 Å². The average molecular weight is 276 g/mol. The van der Waals surface area contributed by atoms with Gasteiger partial charge in [-0.2, -0.15) is 5.10 Å². The van der Waals surface area contributed by atoms with Gasteiger partial charge in [0.1, 0.15) is 11.0 Å². The molecule has 0 aliphatic rings. The lowest BCUT2D eigenvalue weighted by Gasteiger charge is -2.05. The van der Waals surface area contributed by atoms with Gasteiger partial charge in [-0.15, -0.1) is 0 Å². The van der Waals surface area contributed by atoms with Gasteiger partial charge in [-0.05, 0) is 36.8 Å². The molecule has 2 aromatic heterocycles. The molecule has 0 N–H and O–H groups in total. The van der Waals surface area contributed by atoms with Crippen LogP contribution in [0.25, 0.3) is 27.6 Å². The van der Waals surface area contributed by atoms with E-state index in [1.165, 1.54) is 0 Å². The third kappa shape index (κ3) is 1.76. The second kappa shape index (κ2) is 4.31. The lowest BCUT2D eigenvalue weighted by atomic mass is 10.1. The maximum absolute atomic E-state index is 12.1. The largest absolute Gasteiger partial charge is 0.422 e. The summed E-state index contributed by atoms with van der Waals surface area (Å²) in [5.41, 5.74) is 2.98. The minimum absolute atomic E-state index is 0.356. The summed E-state index contributed by atoms with van der Waals surface area (Å²) >= 11 is 0. The molecule has 0 amide bonds. The Kier molecular flexibility index (Phi) is 2.44. The monoisotopic (exact) mass is 276 g/mol. The minimum atomic E-state index is -0.356. The smallest absolute Gasteiger partial charge is 0.347 e. The maximum Gasteiger partial charge on any atom is 0.347 e. The van der Waals surface area contributed by atoms with Crippen LogP contribution in [0.15, 0.2) is 63.9 Å². The van der Waals surface area contributed by atoms with Crippen LogP contribution < -0.4 is 5.63 Å². The SMILES string of the molecule is Cc1ccc2c(c1)oc(=O)c1cnn(-c3ccccc3)c12. The van der Waals surface area contributed by atoms with E-state index in [9.17, 15) is 4.79 Å². The Morgan fingerprint density at radius 2 is 1.86 bits per heavy atom. The number of nitrogens with zero attached hydrogens (tertiary/aromatic N) is 2. The highest BCUT2D eigenvalue weighted by molar-refractivity contribution is 6.02. The normalized spacial score (nSPS) is 11.3. The second-order valence-electron chi connectivity index (χ2n) is 5.04. The molecule has 4 heteroatoms.